The molecule has 3 fully saturated rings. The van der Waals surface area contributed by atoms with Crippen molar-refractivity contribution in [1.29, 1.82) is 0 Å². The minimum absolute atomic E-state index is 0.182. The fraction of sp³-hybridized carbons (Fsp3) is 0.895. The Morgan fingerprint density at radius 2 is 1.78 bits per heavy atom. The number of hydrogen-bond donors (Lipinski definition) is 4. The van der Waals surface area contributed by atoms with E-state index in [2.05, 4.69) is 0 Å². The van der Waals surface area contributed by atoms with Gasteiger partial charge in [0.25, 0.3) is 5.79 Å². The highest BCUT2D eigenvalue weighted by molar-refractivity contribution is 5.75. The number of aliphatic carboxylic acids is 1. The number of carboxylic acids is 1. The Kier molecular flexibility index (Phi) is 7.74. The van der Waals surface area contributed by atoms with Crippen LogP contribution in [0.2, 0.25) is 0 Å². The summed E-state index contributed by atoms with van der Waals surface area (Å²) < 4.78 is 38.1. The summed E-state index contributed by atoms with van der Waals surface area (Å²) in [4.78, 5) is 22.7. The summed E-state index contributed by atoms with van der Waals surface area (Å²) in [5, 5.41) is 41.2. The Hall–Kier alpha value is -1.42. The smallest absolute Gasteiger partial charge is 0.364 e. The molecule has 0 bridgehead atoms. The number of carboxylic acid groups (broad SMARTS) is 1. The minimum atomic E-state index is -2.01. The van der Waals surface area contributed by atoms with E-state index in [4.69, 9.17) is 33.2 Å². The van der Waals surface area contributed by atoms with Crippen molar-refractivity contribution >= 4 is 11.9 Å². The van der Waals surface area contributed by atoms with Crippen LogP contribution in [-0.2, 0) is 42.7 Å². The lowest BCUT2D eigenvalue weighted by Crippen LogP contribution is -2.68. The molecule has 0 aromatic carbocycles. The summed E-state index contributed by atoms with van der Waals surface area (Å²) >= 11 is 0. The van der Waals surface area contributed by atoms with Gasteiger partial charge in [0.05, 0.1) is 12.7 Å². The molecule has 3 saturated heterocycles. The summed E-state index contributed by atoms with van der Waals surface area (Å²) in [6.07, 6.45) is -10.7. The first-order chi connectivity index (χ1) is 15.0. The number of methoxy groups -OCH3 is 1. The van der Waals surface area contributed by atoms with Crippen LogP contribution in [0, 0.1) is 5.92 Å². The van der Waals surface area contributed by atoms with E-state index in [1.807, 2.05) is 0 Å². The van der Waals surface area contributed by atoms with E-state index < -0.39 is 79.0 Å². The second-order valence-corrected chi connectivity index (χ2v) is 8.20. The summed E-state index contributed by atoms with van der Waals surface area (Å²) in [7, 11) is 1.30. The van der Waals surface area contributed by atoms with Crippen molar-refractivity contribution in [3.05, 3.63) is 0 Å². The van der Waals surface area contributed by atoms with Gasteiger partial charge in [-0.05, 0) is 0 Å². The maximum atomic E-state index is 11.6. The first-order valence-electron chi connectivity index (χ1n) is 10.2. The molecule has 3 heterocycles. The van der Waals surface area contributed by atoms with E-state index in [1.165, 1.54) is 21.0 Å². The average Bonchev–Trinajstić information content (AvgIpc) is 2.74. The van der Waals surface area contributed by atoms with Crippen LogP contribution in [-0.4, -0.2) is 114 Å². The molecule has 0 amide bonds. The fourth-order valence-electron chi connectivity index (χ4n) is 3.89. The van der Waals surface area contributed by atoms with Gasteiger partial charge in [0.2, 0.25) is 0 Å². The van der Waals surface area contributed by atoms with Crippen molar-refractivity contribution in [3.63, 3.8) is 0 Å². The molecule has 13 heteroatoms. The highest BCUT2D eigenvalue weighted by Crippen LogP contribution is 2.37. The van der Waals surface area contributed by atoms with Gasteiger partial charge in [0.15, 0.2) is 12.6 Å². The third-order valence-electron chi connectivity index (χ3n) is 5.91. The van der Waals surface area contributed by atoms with E-state index in [1.54, 1.807) is 6.92 Å². The van der Waals surface area contributed by atoms with Crippen molar-refractivity contribution in [2.75, 3.05) is 20.3 Å². The Bertz CT molecular complexity index is 688. The molecule has 11 atom stereocenters. The third kappa shape index (κ3) is 4.90. The second kappa shape index (κ2) is 9.83. The van der Waals surface area contributed by atoms with Crippen LogP contribution in [0.25, 0.3) is 0 Å². The molecule has 6 unspecified atom stereocenters. The Labute approximate surface area is 184 Å². The van der Waals surface area contributed by atoms with Gasteiger partial charge in [0, 0.05) is 26.9 Å². The zero-order valence-corrected chi connectivity index (χ0v) is 18.2. The predicted octanol–water partition coefficient (Wildman–Crippen LogP) is -2.03. The van der Waals surface area contributed by atoms with Crippen molar-refractivity contribution < 1.29 is 63.2 Å². The topological polar surface area (TPSA) is 180 Å². The van der Waals surface area contributed by atoms with Crippen molar-refractivity contribution in [2.45, 2.75) is 81.9 Å². The molecule has 0 radical (unpaired) electrons. The summed E-state index contributed by atoms with van der Waals surface area (Å²) in [5.74, 6) is -4.71. The van der Waals surface area contributed by atoms with Gasteiger partial charge in [-0.25, -0.2) is 4.79 Å². The number of hydrogen-bond acceptors (Lipinski definition) is 12. The number of ether oxygens (including phenoxy) is 7. The van der Waals surface area contributed by atoms with Crippen LogP contribution >= 0.6 is 0 Å². The molecule has 32 heavy (non-hydrogen) atoms. The molecule has 0 saturated carbocycles. The lowest BCUT2D eigenvalue weighted by atomic mass is 9.90. The van der Waals surface area contributed by atoms with Gasteiger partial charge in [-0.2, -0.15) is 0 Å². The van der Waals surface area contributed by atoms with E-state index >= 15 is 0 Å². The Morgan fingerprint density at radius 3 is 2.38 bits per heavy atom. The lowest BCUT2D eigenvalue weighted by molar-refractivity contribution is -0.400. The number of fused-ring (bicyclic) bond motifs is 1. The third-order valence-corrected chi connectivity index (χ3v) is 5.91. The molecule has 184 valence electrons. The maximum Gasteiger partial charge on any atom is 0.364 e. The first kappa shape index (κ1) is 25.2. The summed E-state index contributed by atoms with van der Waals surface area (Å²) in [5.41, 5.74) is 0. The number of esters is 1. The molecule has 3 aliphatic heterocycles. The SMILES string of the molecule is CO[C@@H]1OC2COC(C)(C(=O)O)O[C@@H]2C(O[C@@H]2OC(COC(C)=O)[C@@H](O)[C@@H](C)C2O)C1O. The average molecular weight is 466 g/mol. The highest BCUT2D eigenvalue weighted by Gasteiger charge is 2.57. The molecule has 3 rings (SSSR count). The van der Waals surface area contributed by atoms with Crippen LogP contribution < -0.4 is 0 Å². The normalized spacial score (nSPS) is 46.8. The van der Waals surface area contributed by atoms with Crippen molar-refractivity contribution in [3.8, 4) is 0 Å². The van der Waals surface area contributed by atoms with Gasteiger partial charge < -0.3 is 53.6 Å². The number of aliphatic hydroxyl groups excluding tert-OH is 3. The molecular formula is C19H30O13. The molecule has 3 aliphatic rings. The number of rotatable bonds is 6. The summed E-state index contributed by atoms with van der Waals surface area (Å²) in [6.45, 7) is 3.50. The van der Waals surface area contributed by atoms with Crippen molar-refractivity contribution in [2.24, 2.45) is 5.92 Å². The highest BCUT2D eigenvalue weighted by atomic mass is 16.8. The van der Waals surface area contributed by atoms with Gasteiger partial charge in [-0.15, -0.1) is 0 Å². The van der Waals surface area contributed by atoms with Crippen LogP contribution in [0.5, 0.6) is 0 Å². The van der Waals surface area contributed by atoms with E-state index in [-0.39, 0.29) is 13.2 Å². The zero-order chi connectivity index (χ0) is 23.8. The number of carbonyl (C=O) groups excluding carboxylic acids is 1. The molecule has 13 nitrogen and oxygen atoms in total. The van der Waals surface area contributed by atoms with E-state index in [9.17, 15) is 30.0 Å². The van der Waals surface area contributed by atoms with Gasteiger partial charge in [-0.1, -0.05) is 6.92 Å². The molecule has 0 aliphatic carbocycles. The zero-order valence-electron chi connectivity index (χ0n) is 18.2. The monoisotopic (exact) mass is 466 g/mol. The van der Waals surface area contributed by atoms with Gasteiger partial charge in [0.1, 0.15) is 43.2 Å². The van der Waals surface area contributed by atoms with Crippen LogP contribution in [0.3, 0.4) is 0 Å². The van der Waals surface area contributed by atoms with Crippen LogP contribution in [0.4, 0.5) is 0 Å². The van der Waals surface area contributed by atoms with Gasteiger partial charge >= 0.3 is 11.9 Å². The Balaban J connectivity index is 1.82. The first-order valence-corrected chi connectivity index (χ1v) is 10.2. The standard InChI is InChI=1S/C19H30O13/c1-7-11(21)9(5-27-8(2)20)29-17(12(7)22)31-15-13(23)16(26-4)30-10-6-28-19(3,18(24)25)32-14(10)15/h7,9-17,21-23H,5-6H2,1-4H3,(H,24,25)/t7-,9?,10?,11+,12?,13?,14+,15?,16-,17+,19?/m1/s1. The van der Waals surface area contributed by atoms with Crippen molar-refractivity contribution in [1.82, 2.24) is 0 Å². The minimum Gasteiger partial charge on any atom is -0.477 e. The second-order valence-electron chi connectivity index (χ2n) is 8.20. The lowest BCUT2D eigenvalue weighted by Gasteiger charge is -2.50. The van der Waals surface area contributed by atoms with E-state index in [0.717, 1.165) is 0 Å². The Morgan fingerprint density at radius 1 is 1.09 bits per heavy atom. The molecular weight excluding hydrogens is 436 g/mol. The van der Waals surface area contributed by atoms with Gasteiger partial charge in [-0.3, -0.25) is 4.79 Å². The fourth-order valence-corrected chi connectivity index (χ4v) is 3.89. The largest absolute Gasteiger partial charge is 0.477 e. The summed E-state index contributed by atoms with van der Waals surface area (Å²) in [6, 6.07) is 0. The van der Waals surface area contributed by atoms with Crippen LogP contribution in [0.15, 0.2) is 0 Å². The molecule has 0 spiro atoms. The van der Waals surface area contributed by atoms with E-state index in [0.29, 0.717) is 0 Å². The quantitative estimate of drug-likeness (QED) is 0.315. The number of carbonyl (C=O) groups is 2. The molecule has 0 aromatic rings. The maximum absolute atomic E-state index is 11.6. The molecule has 4 N–H and O–H groups in total. The van der Waals surface area contributed by atoms with Crippen LogP contribution in [0.1, 0.15) is 20.8 Å². The number of aliphatic hydroxyl groups is 3. The predicted molar refractivity (Wildman–Crippen MR) is 99.9 cm³/mol. The molecule has 0 aromatic heterocycles.